The van der Waals surface area contributed by atoms with Gasteiger partial charge in [0.05, 0.1) is 16.7 Å². The Morgan fingerprint density at radius 3 is 1.79 bits per heavy atom. The van der Waals surface area contributed by atoms with Gasteiger partial charge in [-0.3, -0.25) is 0 Å². The van der Waals surface area contributed by atoms with E-state index in [4.69, 9.17) is 0 Å². The highest BCUT2D eigenvalue weighted by atomic mass is 32.1. The Balaban J connectivity index is 1.15. The second-order valence-electron chi connectivity index (χ2n) is 15.0. The molecule has 2 aromatic heterocycles. The van der Waals surface area contributed by atoms with Crippen LogP contribution in [0.3, 0.4) is 0 Å². The number of anilines is 3. The van der Waals surface area contributed by atoms with Crippen LogP contribution in [-0.2, 0) is 0 Å². The average molecular weight is 743 g/mol. The normalized spacial score (nSPS) is 11.9. The van der Waals surface area contributed by atoms with Crippen molar-refractivity contribution in [2.75, 3.05) is 4.90 Å². The van der Waals surface area contributed by atoms with Crippen molar-refractivity contribution in [3.05, 3.63) is 206 Å². The molecular formula is C54H34N2S. The van der Waals surface area contributed by atoms with Gasteiger partial charge >= 0.3 is 0 Å². The van der Waals surface area contributed by atoms with E-state index in [1.54, 1.807) is 0 Å². The van der Waals surface area contributed by atoms with Crippen molar-refractivity contribution in [1.82, 2.24) is 4.57 Å². The van der Waals surface area contributed by atoms with E-state index < -0.39 is 0 Å². The fraction of sp³-hybridized carbons (Fsp3) is 0. The predicted molar refractivity (Wildman–Crippen MR) is 246 cm³/mol. The van der Waals surface area contributed by atoms with Crippen LogP contribution < -0.4 is 4.90 Å². The summed E-state index contributed by atoms with van der Waals surface area (Å²) in [6.45, 7) is 0. The van der Waals surface area contributed by atoms with Gasteiger partial charge in [0.25, 0.3) is 0 Å². The lowest BCUT2D eigenvalue weighted by atomic mass is 9.96. The van der Waals surface area contributed by atoms with Crippen LogP contribution in [0.4, 0.5) is 17.1 Å². The molecule has 0 fully saturated rings. The molecule has 0 saturated carbocycles. The van der Waals surface area contributed by atoms with E-state index in [0.717, 1.165) is 22.7 Å². The number of rotatable bonds is 5. The predicted octanol–water partition coefficient (Wildman–Crippen LogP) is 15.7. The second-order valence-corrected chi connectivity index (χ2v) is 16.1. The summed E-state index contributed by atoms with van der Waals surface area (Å²) < 4.78 is 5.01. The van der Waals surface area contributed by atoms with E-state index in [1.165, 1.54) is 85.4 Å². The van der Waals surface area contributed by atoms with Crippen LogP contribution in [0.25, 0.3) is 91.1 Å². The van der Waals surface area contributed by atoms with Gasteiger partial charge in [-0.2, -0.15) is 0 Å². The van der Waals surface area contributed by atoms with Crippen molar-refractivity contribution in [1.29, 1.82) is 0 Å². The minimum Gasteiger partial charge on any atom is -0.310 e. The molecule has 2 heterocycles. The molecule has 0 atom stereocenters. The fourth-order valence-corrected chi connectivity index (χ4v) is 10.1. The Kier molecular flexibility index (Phi) is 7.13. The first-order valence-corrected chi connectivity index (χ1v) is 20.3. The van der Waals surface area contributed by atoms with Crippen molar-refractivity contribution < 1.29 is 0 Å². The molecule has 2 nitrogen and oxygen atoms in total. The van der Waals surface area contributed by atoms with Gasteiger partial charge in [-0.05, 0) is 117 Å². The lowest BCUT2D eigenvalue weighted by molar-refractivity contribution is 1.18. The molecule has 3 heteroatoms. The molecule has 266 valence electrons. The average Bonchev–Trinajstić information content (AvgIpc) is 3.80. The smallest absolute Gasteiger partial charge is 0.0561 e. The highest BCUT2D eigenvalue weighted by Crippen LogP contribution is 2.46. The molecule has 12 aromatic rings. The molecule has 12 rings (SSSR count). The van der Waals surface area contributed by atoms with Gasteiger partial charge in [0.15, 0.2) is 0 Å². The summed E-state index contributed by atoms with van der Waals surface area (Å²) in [6, 6.07) is 76.0. The summed E-state index contributed by atoms with van der Waals surface area (Å²) in [7, 11) is 0. The van der Waals surface area contributed by atoms with E-state index >= 15 is 0 Å². The van der Waals surface area contributed by atoms with Crippen LogP contribution in [0, 0.1) is 0 Å². The van der Waals surface area contributed by atoms with E-state index in [0.29, 0.717) is 0 Å². The minimum absolute atomic E-state index is 1.10. The zero-order valence-corrected chi connectivity index (χ0v) is 31.7. The first-order valence-electron chi connectivity index (χ1n) is 19.5. The number of hydrogen-bond acceptors (Lipinski definition) is 2. The van der Waals surface area contributed by atoms with Gasteiger partial charge in [0, 0.05) is 53.4 Å². The summed E-state index contributed by atoms with van der Waals surface area (Å²) in [5, 5.41) is 12.5. The largest absolute Gasteiger partial charge is 0.310 e. The molecule has 0 radical (unpaired) electrons. The zero-order valence-electron chi connectivity index (χ0n) is 30.9. The van der Waals surface area contributed by atoms with Crippen molar-refractivity contribution >= 4 is 103 Å². The van der Waals surface area contributed by atoms with E-state index in [1.807, 2.05) is 11.3 Å². The Bertz CT molecular complexity index is 3540. The standard InChI is InChI=1S/C54H34N2S/c1-2-17-42(18-3-1)56-50-21-11-10-20-46(50)47-26-24-44(34-52(47)56)55(43-25-27-53-49(33-43)48-30-37-14-6-7-15-38(37)32-54(48)57-53)51-31-41(29-40-16-8-9-19-45(40)51)39-23-22-35-12-4-5-13-36(35)28-39/h1-34H. The fourth-order valence-electron chi connectivity index (χ4n) is 8.98. The molecule has 0 aliphatic carbocycles. The monoisotopic (exact) mass is 742 g/mol. The van der Waals surface area contributed by atoms with Crippen LogP contribution in [0.2, 0.25) is 0 Å². The quantitative estimate of drug-likeness (QED) is 0.170. The summed E-state index contributed by atoms with van der Waals surface area (Å²) in [5.74, 6) is 0. The van der Waals surface area contributed by atoms with Crippen LogP contribution in [0.5, 0.6) is 0 Å². The first-order chi connectivity index (χ1) is 28.2. The van der Waals surface area contributed by atoms with Crippen molar-refractivity contribution in [3.8, 4) is 16.8 Å². The number of thiophene rings is 1. The zero-order chi connectivity index (χ0) is 37.5. The van der Waals surface area contributed by atoms with E-state index in [2.05, 4.69) is 216 Å². The molecule has 0 amide bonds. The number of fused-ring (bicyclic) bond motifs is 9. The highest BCUT2D eigenvalue weighted by molar-refractivity contribution is 7.25. The molecule has 0 saturated heterocycles. The number of hydrogen-bond donors (Lipinski definition) is 0. The lowest BCUT2D eigenvalue weighted by Gasteiger charge is -2.28. The van der Waals surface area contributed by atoms with E-state index in [9.17, 15) is 0 Å². The third-order valence-electron chi connectivity index (χ3n) is 11.7. The number of benzene rings is 10. The van der Waals surface area contributed by atoms with Gasteiger partial charge in [-0.25, -0.2) is 0 Å². The number of nitrogens with zero attached hydrogens (tertiary/aromatic N) is 2. The lowest BCUT2D eigenvalue weighted by Crippen LogP contribution is -2.11. The van der Waals surface area contributed by atoms with Crippen LogP contribution in [-0.4, -0.2) is 4.57 Å². The SMILES string of the molecule is c1ccc(-n2c3ccccc3c3ccc(N(c4ccc5sc6cc7ccccc7cc6c5c4)c4cc(-c5ccc6ccccc6c5)cc5ccccc45)cc32)cc1. The van der Waals surface area contributed by atoms with Gasteiger partial charge in [0.2, 0.25) is 0 Å². The van der Waals surface area contributed by atoms with Crippen LogP contribution in [0.1, 0.15) is 0 Å². The summed E-state index contributed by atoms with van der Waals surface area (Å²) in [5.41, 5.74) is 9.28. The summed E-state index contributed by atoms with van der Waals surface area (Å²) >= 11 is 1.87. The van der Waals surface area contributed by atoms with Crippen molar-refractivity contribution in [3.63, 3.8) is 0 Å². The number of aromatic nitrogens is 1. The van der Waals surface area contributed by atoms with Gasteiger partial charge in [-0.1, -0.05) is 127 Å². The Morgan fingerprint density at radius 2 is 0.947 bits per heavy atom. The molecule has 0 aliphatic rings. The maximum absolute atomic E-state index is 2.49. The minimum atomic E-state index is 1.10. The van der Waals surface area contributed by atoms with Crippen LogP contribution >= 0.6 is 11.3 Å². The number of para-hydroxylation sites is 2. The molecule has 0 bridgehead atoms. The van der Waals surface area contributed by atoms with Crippen molar-refractivity contribution in [2.24, 2.45) is 0 Å². The van der Waals surface area contributed by atoms with Crippen LogP contribution in [0.15, 0.2) is 206 Å². The molecule has 0 N–H and O–H groups in total. The Morgan fingerprint density at radius 1 is 0.333 bits per heavy atom. The molecule has 10 aromatic carbocycles. The summed E-state index contributed by atoms with van der Waals surface area (Å²) in [6.07, 6.45) is 0. The maximum Gasteiger partial charge on any atom is 0.0561 e. The maximum atomic E-state index is 2.49. The third-order valence-corrected chi connectivity index (χ3v) is 12.8. The molecular weight excluding hydrogens is 709 g/mol. The molecule has 0 spiro atoms. The van der Waals surface area contributed by atoms with E-state index in [-0.39, 0.29) is 0 Å². The van der Waals surface area contributed by atoms with Crippen molar-refractivity contribution in [2.45, 2.75) is 0 Å². The third kappa shape index (κ3) is 5.17. The topological polar surface area (TPSA) is 8.17 Å². The molecule has 0 aliphatic heterocycles. The van der Waals surface area contributed by atoms with Gasteiger partial charge in [0.1, 0.15) is 0 Å². The Hall–Kier alpha value is -7.20. The van der Waals surface area contributed by atoms with Gasteiger partial charge < -0.3 is 9.47 Å². The molecule has 57 heavy (non-hydrogen) atoms. The van der Waals surface area contributed by atoms with Gasteiger partial charge in [-0.15, -0.1) is 11.3 Å². The molecule has 0 unspecified atom stereocenters. The summed E-state index contributed by atoms with van der Waals surface area (Å²) in [4.78, 5) is 2.49. The first kappa shape index (κ1) is 32.1. The highest BCUT2D eigenvalue weighted by Gasteiger charge is 2.21. The Labute approximate surface area is 333 Å². The second kappa shape index (κ2) is 12.7.